The lowest BCUT2D eigenvalue weighted by Gasteiger charge is -2.34. The number of pyridine rings is 1. The van der Waals surface area contributed by atoms with Crippen LogP contribution in [-0.4, -0.2) is 59.9 Å². The van der Waals surface area contributed by atoms with Crippen molar-refractivity contribution in [3.8, 4) is 0 Å². The Morgan fingerprint density at radius 2 is 1.84 bits per heavy atom. The molecule has 0 N–H and O–H groups in total. The van der Waals surface area contributed by atoms with Crippen molar-refractivity contribution in [2.45, 2.75) is 32.2 Å². The van der Waals surface area contributed by atoms with Crippen molar-refractivity contribution in [1.82, 2.24) is 14.8 Å². The Balaban J connectivity index is 1.56. The number of hydrogen-bond acceptors (Lipinski definition) is 4. The Labute approximate surface area is 149 Å². The average Bonchev–Trinajstić information content (AvgIpc) is 3.50. The number of methoxy groups -OCH3 is 1. The highest BCUT2D eigenvalue weighted by Crippen LogP contribution is 2.32. The number of nitrogens with zero attached hydrogens (tertiary/aromatic N) is 3. The Kier molecular flexibility index (Phi) is 6.02. The summed E-state index contributed by atoms with van der Waals surface area (Å²) in [5, 5.41) is 0. The highest BCUT2D eigenvalue weighted by atomic mass is 16.5. The predicted molar refractivity (Wildman–Crippen MR) is 93.6 cm³/mol. The largest absolute Gasteiger partial charge is 0.383 e. The zero-order chi connectivity index (χ0) is 17.6. The molecule has 0 atom stereocenters. The fraction of sp³-hybridized carbons (Fsp3) is 0.632. The highest BCUT2D eigenvalue weighted by molar-refractivity contribution is 5.82. The first-order valence-electron chi connectivity index (χ1n) is 9.14. The Morgan fingerprint density at radius 3 is 2.44 bits per heavy atom. The summed E-state index contributed by atoms with van der Waals surface area (Å²) in [6, 6.07) is 3.87. The maximum atomic E-state index is 13.0. The van der Waals surface area contributed by atoms with Gasteiger partial charge >= 0.3 is 0 Å². The van der Waals surface area contributed by atoms with Gasteiger partial charge in [-0.15, -0.1) is 0 Å². The molecule has 0 bridgehead atoms. The molecule has 2 heterocycles. The normalized spacial score (nSPS) is 18.2. The monoisotopic (exact) mass is 345 g/mol. The number of amides is 2. The fourth-order valence-corrected chi connectivity index (χ4v) is 3.37. The van der Waals surface area contributed by atoms with Gasteiger partial charge in [-0.25, -0.2) is 0 Å². The predicted octanol–water partition coefficient (Wildman–Crippen LogP) is 1.71. The molecule has 1 aliphatic heterocycles. The van der Waals surface area contributed by atoms with E-state index < -0.39 is 0 Å². The molecule has 1 saturated carbocycles. The van der Waals surface area contributed by atoms with Crippen LogP contribution in [0.4, 0.5) is 0 Å². The number of carbonyl (C=O) groups is 2. The van der Waals surface area contributed by atoms with E-state index in [9.17, 15) is 9.59 Å². The van der Waals surface area contributed by atoms with Crippen LogP contribution in [0, 0.1) is 11.8 Å². The molecule has 1 aromatic rings. The molecule has 2 amide bonds. The first-order valence-corrected chi connectivity index (χ1v) is 9.14. The van der Waals surface area contributed by atoms with Crippen LogP contribution >= 0.6 is 0 Å². The maximum Gasteiger partial charge on any atom is 0.226 e. The van der Waals surface area contributed by atoms with Crippen LogP contribution < -0.4 is 0 Å². The molecule has 6 nitrogen and oxygen atoms in total. The molecule has 136 valence electrons. The summed E-state index contributed by atoms with van der Waals surface area (Å²) in [5.74, 6) is 0.727. The lowest BCUT2D eigenvalue weighted by molar-refractivity contribution is -0.142. The molecule has 0 aromatic carbocycles. The molecule has 1 aromatic heterocycles. The molecule has 2 aliphatic rings. The lowest BCUT2D eigenvalue weighted by atomic mass is 9.94. The van der Waals surface area contributed by atoms with Crippen LogP contribution in [0.15, 0.2) is 24.5 Å². The zero-order valence-electron chi connectivity index (χ0n) is 14.9. The van der Waals surface area contributed by atoms with Gasteiger partial charge in [0.2, 0.25) is 11.8 Å². The second-order valence-corrected chi connectivity index (χ2v) is 6.98. The average molecular weight is 345 g/mol. The molecule has 6 heteroatoms. The Bertz CT molecular complexity index is 581. The van der Waals surface area contributed by atoms with Gasteiger partial charge in [0.05, 0.1) is 6.61 Å². The molecule has 1 saturated heterocycles. The van der Waals surface area contributed by atoms with Gasteiger partial charge in [-0.05, 0) is 43.4 Å². The van der Waals surface area contributed by atoms with E-state index in [2.05, 4.69) is 4.98 Å². The minimum absolute atomic E-state index is 0.00180. The van der Waals surface area contributed by atoms with Crippen molar-refractivity contribution >= 4 is 11.8 Å². The molecular formula is C19H27N3O3. The van der Waals surface area contributed by atoms with Crippen molar-refractivity contribution in [3.05, 3.63) is 30.1 Å². The van der Waals surface area contributed by atoms with E-state index in [1.165, 1.54) is 0 Å². The third kappa shape index (κ3) is 4.78. The van der Waals surface area contributed by atoms with Gasteiger partial charge < -0.3 is 14.5 Å². The van der Waals surface area contributed by atoms with E-state index in [0.29, 0.717) is 38.7 Å². The molecule has 3 rings (SSSR count). The standard InChI is InChI=1S/C19H27N3O3/c1-25-13-12-22(14-15-4-8-20-9-5-15)19(24)17-6-10-21(11-7-17)18(23)16-2-3-16/h4-5,8-9,16-17H,2-3,6-7,10-14H2,1H3. The number of piperidine rings is 1. The first kappa shape index (κ1) is 17.9. The summed E-state index contributed by atoms with van der Waals surface area (Å²) in [4.78, 5) is 33.0. The summed E-state index contributed by atoms with van der Waals surface area (Å²) in [7, 11) is 1.65. The quantitative estimate of drug-likeness (QED) is 0.755. The van der Waals surface area contributed by atoms with Crippen molar-refractivity contribution in [2.75, 3.05) is 33.4 Å². The topological polar surface area (TPSA) is 62.7 Å². The van der Waals surface area contributed by atoms with Gasteiger partial charge in [0.15, 0.2) is 0 Å². The minimum Gasteiger partial charge on any atom is -0.383 e. The summed E-state index contributed by atoms with van der Waals surface area (Å²) in [6.07, 6.45) is 7.09. The SMILES string of the molecule is COCCN(Cc1ccncc1)C(=O)C1CCN(C(=O)C2CC2)CC1. The summed E-state index contributed by atoms with van der Waals surface area (Å²) < 4.78 is 5.17. The Morgan fingerprint density at radius 1 is 1.16 bits per heavy atom. The van der Waals surface area contributed by atoms with Crippen LogP contribution in [0.1, 0.15) is 31.2 Å². The van der Waals surface area contributed by atoms with Crippen molar-refractivity contribution in [3.63, 3.8) is 0 Å². The molecule has 0 radical (unpaired) electrons. The molecular weight excluding hydrogens is 318 g/mol. The minimum atomic E-state index is 0.00180. The van der Waals surface area contributed by atoms with Gasteiger partial charge in [-0.1, -0.05) is 0 Å². The van der Waals surface area contributed by atoms with Crippen LogP contribution in [-0.2, 0) is 20.9 Å². The fourth-order valence-electron chi connectivity index (χ4n) is 3.37. The third-order valence-corrected chi connectivity index (χ3v) is 5.08. The molecule has 25 heavy (non-hydrogen) atoms. The number of likely N-dealkylation sites (tertiary alicyclic amines) is 1. The third-order valence-electron chi connectivity index (χ3n) is 5.08. The van der Waals surface area contributed by atoms with Crippen LogP contribution in [0.2, 0.25) is 0 Å². The van der Waals surface area contributed by atoms with Gasteiger partial charge in [0.1, 0.15) is 0 Å². The van der Waals surface area contributed by atoms with Crippen molar-refractivity contribution in [1.29, 1.82) is 0 Å². The van der Waals surface area contributed by atoms with Crippen molar-refractivity contribution < 1.29 is 14.3 Å². The number of rotatable bonds is 7. The van der Waals surface area contributed by atoms with E-state index in [1.54, 1.807) is 19.5 Å². The lowest BCUT2D eigenvalue weighted by Crippen LogP contribution is -2.45. The summed E-state index contributed by atoms with van der Waals surface area (Å²) in [5.41, 5.74) is 1.07. The molecule has 2 fully saturated rings. The van der Waals surface area contributed by atoms with E-state index in [1.807, 2.05) is 21.9 Å². The molecule has 1 aliphatic carbocycles. The first-order chi connectivity index (χ1) is 12.2. The van der Waals surface area contributed by atoms with E-state index in [4.69, 9.17) is 4.74 Å². The number of aromatic nitrogens is 1. The summed E-state index contributed by atoms with van der Waals surface area (Å²) in [6.45, 7) is 3.10. The number of hydrogen-bond donors (Lipinski definition) is 0. The second kappa shape index (κ2) is 8.43. The van der Waals surface area contributed by atoms with Crippen LogP contribution in [0.5, 0.6) is 0 Å². The zero-order valence-corrected chi connectivity index (χ0v) is 14.9. The van der Waals surface area contributed by atoms with Crippen molar-refractivity contribution in [2.24, 2.45) is 11.8 Å². The maximum absolute atomic E-state index is 13.0. The van der Waals surface area contributed by atoms with Gasteiger partial charge in [0.25, 0.3) is 0 Å². The molecule has 0 spiro atoms. The van der Waals surface area contributed by atoms with Gasteiger partial charge in [-0.3, -0.25) is 14.6 Å². The van der Waals surface area contributed by atoms with Gasteiger partial charge in [0, 0.05) is 57.5 Å². The van der Waals surface area contributed by atoms with E-state index in [-0.39, 0.29) is 17.7 Å². The smallest absolute Gasteiger partial charge is 0.226 e. The highest BCUT2D eigenvalue weighted by Gasteiger charge is 2.36. The van der Waals surface area contributed by atoms with Crippen LogP contribution in [0.3, 0.4) is 0 Å². The van der Waals surface area contributed by atoms with Gasteiger partial charge in [-0.2, -0.15) is 0 Å². The van der Waals surface area contributed by atoms with Crippen LogP contribution in [0.25, 0.3) is 0 Å². The number of ether oxygens (including phenoxy) is 1. The summed E-state index contributed by atoms with van der Waals surface area (Å²) >= 11 is 0. The Hall–Kier alpha value is -1.95. The second-order valence-electron chi connectivity index (χ2n) is 6.98. The van der Waals surface area contributed by atoms with E-state index >= 15 is 0 Å². The van der Waals surface area contributed by atoms with E-state index in [0.717, 1.165) is 31.2 Å². The molecule has 0 unspecified atom stereocenters. The number of carbonyl (C=O) groups excluding carboxylic acids is 2.